The Morgan fingerprint density at radius 1 is 0.277 bits per heavy atom. The molecule has 0 aliphatic carbocycles. The SMILES string of the molecule is CCCCCCCN(c1ccc(OC)cc1)[P+](N(CCCCCCC)c1ccc(OC)cc1)(N(CCCCCCC)c1ccc(OC)cc1)N(CCCCCCC)c1ccc(OC)cc1. The van der Waals surface area contributed by atoms with E-state index in [9.17, 15) is 0 Å². The summed E-state index contributed by atoms with van der Waals surface area (Å²) in [6, 6.07) is 36.0. The maximum absolute atomic E-state index is 5.86. The fourth-order valence-corrected chi connectivity index (χ4v) is 13.9. The van der Waals surface area contributed by atoms with Crippen LogP contribution in [0.4, 0.5) is 22.7 Å². The molecule has 0 unspecified atom stereocenters. The number of methoxy groups -OCH3 is 4. The molecule has 0 fully saturated rings. The molecular weight excluding hydrogens is 824 g/mol. The molecule has 0 heterocycles. The highest BCUT2D eigenvalue weighted by atomic mass is 31.2. The Morgan fingerprint density at radius 2 is 0.462 bits per heavy atom. The fourth-order valence-electron chi connectivity index (χ4n) is 8.93. The lowest BCUT2D eigenvalue weighted by Gasteiger charge is -2.53. The van der Waals surface area contributed by atoms with Crippen LogP contribution in [0.2, 0.25) is 0 Å². The minimum Gasteiger partial charge on any atom is -0.497 e. The van der Waals surface area contributed by atoms with E-state index in [4.69, 9.17) is 18.9 Å². The average Bonchev–Trinajstić information content (AvgIpc) is 3.35. The van der Waals surface area contributed by atoms with Gasteiger partial charge in [0.25, 0.3) is 0 Å². The Balaban J connectivity index is 2.24. The third-order valence-corrected chi connectivity index (χ3v) is 17.0. The molecular formula is C56H88N4O4P+. The number of anilines is 4. The molecule has 0 spiro atoms. The highest BCUT2D eigenvalue weighted by molar-refractivity contribution is 7.81. The quantitative estimate of drug-likeness (QED) is 0.0330. The normalized spacial score (nSPS) is 11.3. The second-order valence-electron chi connectivity index (χ2n) is 17.5. The van der Waals surface area contributed by atoms with Crippen molar-refractivity contribution in [1.29, 1.82) is 0 Å². The van der Waals surface area contributed by atoms with E-state index < -0.39 is 7.87 Å². The van der Waals surface area contributed by atoms with E-state index in [1.807, 2.05) is 0 Å². The molecule has 4 rings (SSSR count). The minimum atomic E-state index is -2.97. The van der Waals surface area contributed by atoms with E-state index in [-0.39, 0.29) is 0 Å². The molecule has 8 nitrogen and oxygen atoms in total. The first-order valence-electron chi connectivity index (χ1n) is 25.5. The zero-order valence-corrected chi connectivity index (χ0v) is 43.0. The Kier molecular flexibility index (Phi) is 25.3. The largest absolute Gasteiger partial charge is 0.497 e. The number of rotatable bonds is 36. The smallest absolute Gasteiger partial charge is 0.405 e. The van der Waals surface area contributed by atoms with Gasteiger partial charge in [0, 0.05) is 0 Å². The lowest BCUT2D eigenvalue weighted by atomic mass is 10.1. The predicted octanol–water partition coefficient (Wildman–Crippen LogP) is 16.6. The van der Waals surface area contributed by atoms with Crippen molar-refractivity contribution in [2.75, 3.05) is 73.3 Å². The van der Waals surface area contributed by atoms with Gasteiger partial charge in [0.15, 0.2) is 0 Å². The van der Waals surface area contributed by atoms with Crippen LogP contribution in [-0.4, -0.2) is 54.6 Å². The molecule has 0 atom stereocenters. The summed E-state index contributed by atoms with van der Waals surface area (Å²) in [4.78, 5) is 0. The Hall–Kier alpha value is -4.29. The van der Waals surface area contributed by atoms with E-state index in [2.05, 4.69) is 143 Å². The molecule has 0 bridgehead atoms. The molecule has 0 aliphatic heterocycles. The van der Waals surface area contributed by atoms with Crippen molar-refractivity contribution in [2.45, 2.75) is 156 Å². The van der Waals surface area contributed by atoms with Crippen molar-refractivity contribution < 1.29 is 18.9 Å². The lowest BCUT2D eigenvalue weighted by Crippen LogP contribution is -2.55. The van der Waals surface area contributed by atoms with Gasteiger partial charge in [-0.15, -0.1) is 0 Å². The molecule has 360 valence electrons. The lowest BCUT2D eigenvalue weighted by molar-refractivity contribution is 0.414. The van der Waals surface area contributed by atoms with Gasteiger partial charge in [0.1, 0.15) is 23.0 Å². The molecule has 65 heavy (non-hydrogen) atoms. The second kappa shape index (κ2) is 30.8. The van der Waals surface area contributed by atoms with Crippen LogP contribution in [0.15, 0.2) is 97.1 Å². The molecule has 4 aromatic rings. The van der Waals surface area contributed by atoms with E-state index in [0.29, 0.717) is 0 Å². The minimum absolute atomic E-state index is 0.870. The van der Waals surface area contributed by atoms with Crippen LogP contribution in [0.25, 0.3) is 0 Å². The molecule has 4 aromatic carbocycles. The third kappa shape index (κ3) is 15.9. The number of hydrogen-bond acceptors (Lipinski definition) is 8. The highest BCUT2D eigenvalue weighted by Crippen LogP contribution is 2.74. The van der Waals surface area contributed by atoms with Crippen LogP contribution in [0.1, 0.15) is 156 Å². The monoisotopic (exact) mass is 912 g/mol. The van der Waals surface area contributed by atoms with Gasteiger partial charge in [0.2, 0.25) is 0 Å². The number of benzene rings is 4. The van der Waals surface area contributed by atoms with Crippen molar-refractivity contribution in [3.8, 4) is 23.0 Å². The molecule has 0 aromatic heterocycles. The van der Waals surface area contributed by atoms with Crippen molar-refractivity contribution in [2.24, 2.45) is 0 Å². The zero-order chi connectivity index (χ0) is 46.5. The highest BCUT2D eigenvalue weighted by Gasteiger charge is 2.63. The predicted molar refractivity (Wildman–Crippen MR) is 283 cm³/mol. The van der Waals surface area contributed by atoms with Crippen molar-refractivity contribution in [1.82, 2.24) is 0 Å². The average molecular weight is 912 g/mol. The molecule has 0 N–H and O–H groups in total. The molecule has 0 saturated carbocycles. The fraction of sp³-hybridized carbons (Fsp3) is 0.571. The van der Waals surface area contributed by atoms with E-state index in [1.54, 1.807) is 28.4 Å². The van der Waals surface area contributed by atoms with Gasteiger partial charge in [-0.3, -0.25) is 0 Å². The van der Waals surface area contributed by atoms with Crippen molar-refractivity contribution in [3.63, 3.8) is 0 Å². The summed E-state index contributed by atoms with van der Waals surface area (Å²) >= 11 is 0. The van der Waals surface area contributed by atoms with Crippen LogP contribution >= 0.6 is 7.87 Å². The van der Waals surface area contributed by atoms with Crippen LogP contribution in [0.5, 0.6) is 23.0 Å². The number of nitrogens with zero attached hydrogens (tertiary/aromatic N) is 4. The van der Waals surface area contributed by atoms with Crippen molar-refractivity contribution in [3.05, 3.63) is 97.1 Å². The summed E-state index contributed by atoms with van der Waals surface area (Å²) in [5.41, 5.74) is 4.86. The van der Waals surface area contributed by atoms with Crippen LogP contribution in [0, 0.1) is 0 Å². The van der Waals surface area contributed by atoms with Gasteiger partial charge in [-0.25, -0.2) is 0 Å². The van der Waals surface area contributed by atoms with Crippen LogP contribution < -0.4 is 37.6 Å². The standard InChI is InChI=1S/C56H88N4O4P/c1-9-13-17-21-25-45-57(49-29-37-53(61-5)38-30-49)65(58(46-26-22-18-14-10-2)50-31-39-54(62-6)40-32-50,59(47-27-23-19-15-11-3)51-33-41-55(63-7)42-34-51)60(48-28-24-20-16-12-4)52-35-43-56(64-8)44-36-52/h29-44H,9-28,45-48H2,1-8H3/q+1. The number of ether oxygens (including phenoxy) is 4. The maximum atomic E-state index is 5.86. The van der Waals surface area contributed by atoms with E-state index in [0.717, 1.165) is 74.9 Å². The molecule has 0 amide bonds. The second-order valence-corrected chi connectivity index (χ2v) is 20.5. The summed E-state index contributed by atoms with van der Waals surface area (Å²) < 4.78 is 35.0. The Labute approximate surface area is 397 Å². The summed E-state index contributed by atoms with van der Waals surface area (Å²) in [7, 11) is 4.12. The molecule has 0 saturated heterocycles. The van der Waals surface area contributed by atoms with Gasteiger partial charge >= 0.3 is 7.87 Å². The molecule has 0 aliphatic rings. The van der Waals surface area contributed by atoms with Crippen LogP contribution in [0.3, 0.4) is 0 Å². The van der Waals surface area contributed by atoms with E-state index in [1.165, 1.54) is 125 Å². The summed E-state index contributed by atoms with van der Waals surface area (Å²) in [6.45, 7) is 12.9. The first-order chi connectivity index (χ1) is 31.9. The first kappa shape index (κ1) is 53.3. The summed E-state index contributed by atoms with van der Waals surface area (Å²) in [5, 5.41) is 0. The van der Waals surface area contributed by atoms with Gasteiger partial charge in [-0.2, -0.15) is 18.7 Å². The van der Waals surface area contributed by atoms with Crippen LogP contribution in [-0.2, 0) is 0 Å². The topological polar surface area (TPSA) is 49.9 Å². The molecule has 9 heteroatoms. The van der Waals surface area contributed by atoms with Gasteiger partial charge in [0.05, 0.1) is 77.4 Å². The first-order valence-corrected chi connectivity index (χ1v) is 27.1. The Bertz CT molecular complexity index is 1520. The van der Waals surface area contributed by atoms with Gasteiger partial charge in [-0.1, -0.05) is 130 Å². The zero-order valence-electron chi connectivity index (χ0n) is 42.1. The third-order valence-electron chi connectivity index (χ3n) is 12.7. The summed E-state index contributed by atoms with van der Waals surface area (Å²) in [5.74, 6) is 3.48. The maximum Gasteiger partial charge on any atom is 0.405 e. The van der Waals surface area contributed by atoms with E-state index >= 15 is 0 Å². The summed E-state index contributed by atoms with van der Waals surface area (Å²) in [6.07, 6.45) is 23.9. The van der Waals surface area contributed by atoms with Gasteiger partial charge in [-0.05, 0) is 123 Å². The number of unbranched alkanes of at least 4 members (excludes halogenated alkanes) is 16. The van der Waals surface area contributed by atoms with Gasteiger partial charge < -0.3 is 18.9 Å². The Morgan fingerprint density at radius 3 is 0.631 bits per heavy atom. The number of hydrogen-bond donors (Lipinski definition) is 0. The molecule has 0 radical (unpaired) electrons. The van der Waals surface area contributed by atoms with Crippen molar-refractivity contribution >= 4 is 30.6 Å².